The number of hydrogen-bond donors (Lipinski definition) is 1. The summed E-state index contributed by atoms with van der Waals surface area (Å²) in [6.45, 7) is 5.37. The summed E-state index contributed by atoms with van der Waals surface area (Å²) in [5, 5.41) is 3.78. The van der Waals surface area contributed by atoms with Crippen molar-refractivity contribution in [1.29, 1.82) is 0 Å². The summed E-state index contributed by atoms with van der Waals surface area (Å²) < 4.78 is 38.7. The lowest BCUT2D eigenvalue weighted by molar-refractivity contribution is -0.142. The first-order chi connectivity index (χ1) is 12.1. The number of nitrogens with one attached hydrogen (secondary N) is 1. The second-order valence-electron chi connectivity index (χ2n) is 6.42. The Labute approximate surface area is 149 Å². The maximum Gasteiger partial charge on any atom is 0.470 e. The topological polar surface area (TPSA) is 71.0 Å². The van der Waals surface area contributed by atoms with E-state index in [1.807, 2.05) is 6.92 Å². The highest BCUT2D eigenvalue weighted by atomic mass is 19.4. The van der Waals surface area contributed by atoms with E-state index < -0.39 is 24.2 Å². The minimum atomic E-state index is -4.70. The summed E-state index contributed by atoms with van der Waals surface area (Å²) >= 11 is 0. The van der Waals surface area contributed by atoms with Crippen LogP contribution in [0.4, 0.5) is 13.2 Å². The molecule has 0 saturated carbocycles. The summed E-state index contributed by atoms with van der Waals surface area (Å²) in [6.07, 6.45) is -0.254. The van der Waals surface area contributed by atoms with Gasteiger partial charge in [-0.1, -0.05) is 19.1 Å². The number of nitrogens with zero attached hydrogens (tertiary/aromatic N) is 2. The second kappa shape index (κ2) is 8.03. The zero-order valence-electron chi connectivity index (χ0n) is 14.8. The summed E-state index contributed by atoms with van der Waals surface area (Å²) in [5.41, 5.74) is 0.319. The van der Waals surface area contributed by atoms with E-state index in [9.17, 15) is 22.8 Å². The molecule has 0 spiro atoms. The highest BCUT2D eigenvalue weighted by Crippen LogP contribution is 2.31. The molecule has 2 aliphatic rings. The molecule has 1 aliphatic carbocycles. The van der Waals surface area contributed by atoms with E-state index in [0.717, 1.165) is 5.06 Å². The van der Waals surface area contributed by atoms with Gasteiger partial charge in [-0.05, 0) is 31.9 Å². The molecule has 0 aromatic carbocycles. The van der Waals surface area contributed by atoms with E-state index in [-0.39, 0.29) is 24.3 Å². The van der Waals surface area contributed by atoms with Crippen molar-refractivity contribution in [1.82, 2.24) is 10.4 Å². The van der Waals surface area contributed by atoms with Crippen molar-refractivity contribution in [3.8, 4) is 0 Å². The first-order valence-corrected chi connectivity index (χ1v) is 8.45. The van der Waals surface area contributed by atoms with Crippen molar-refractivity contribution in [2.75, 3.05) is 6.54 Å². The third kappa shape index (κ3) is 4.72. The number of hydroxylamine groups is 2. The van der Waals surface area contributed by atoms with E-state index in [1.165, 1.54) is 6.08 Å². The molecule has 0 radical (unpaired) electrons. The van der Waals surface area contributed by atoms with Crippen molar-refractivity contribution >= 4 is 17.6 Å². The van der Waals surface area contributed by atoms with Gasteiger partial charge in [0.15, 0.2) is 11.9 Å². The summed E-state index contributed by atoms with van der Waals surface area (Å²) in [5.74, 6) is -2.30. The zero-order chi connectivity index (χ0) is 19.5. The molecule has 6 nitrogen and oxygen atoms in total. The Hall–Kier alpha value is -2.16. The van der Waals surface area contributed by atoms with Gasteiger partial charge < -0.3 is 10.2 Å². The van der Waals surface area contributed by atoms with Gasteiger partial charge >= 0.3 is 12.1 Å². The quantitative estimate of drug-likeness (QED) is 0.777. The van der Waals surface area contributed by atoms with E-state index in [2.05, 4.69) is 10.3 Å². The molecular weight excluding hydrogens is 351 g/mol. The molecule has 144 valence electrons. The SMILES string of the molecule is CCCC(=O)NCC1C=CC(C2N=C(C(F)(F)F)ON2C(C)C)=CC1=O. The average Bonchev–Trinajstić information content (AvgIpc) is 2.99. The van der Waals surface area contributed by atoms with Gasteiger partial charge in [-0.3, -0.25) is 9.59 Å². The van der Waals surface area contributed by atoms with Crippen LogP contribution in [0.5, 0.6) is 0 Å². The van der Waals surface area contributed by atoms with Crippen molar-refractivity contribution in [3.63, 3.8) is 0 Å². The molecule has 0 bridgehead atoms. The van der Waals surface area contributed by atoms with Crippen LogP contribution in [0.1, 0.15) is 33.6 Å². The standard InChI is InChI=1S/C17H22F3N3O3/c1-4-5-14(25)21-9-12-7-6-11(8-13(12)24)15-22-16(17(18,19)20)26-23(15)10(2)3/h6-8,10,12,15H,4-5,9H2,1-3H3,(H,21,25). The van der Waals surface area contributed by atoms with Gasteiger partial charge in [-0.2, -0.15) is 13.2 Å². The number of allylic oxidation sites excluding steroid dienone is 1. The van der Waals surface area contributed by atoms with Crippen LogP contribution in [0.2, 0.25) is 0 Å². The van der Waals surface area contributed by atoms with Crippen LogP contribution in [-0.2, 0) is 14.4 Å². The molecule has 1 N–H and O–H groups in total. The van der Waals surface area contributed by atoms with Crippen LogP contribution in [0.15, 0.2) is 28.8 Å². The first-order valence-electron chi connectivity index (χ1n) is 8.45. The Morgan fingerprint density at radius 1 is 1.42 bits per heavy atom. The maximum absolute atomic E-state index is 12.9. The van der Waals surface area contributed by atoms with E-state index >= 15 is 0 Å². The monoisotopic (exact) mass is 373 g/mol. The molecule has 0 aromatic rings. The van der Waals surface area contributed by atoms with Crippen molar-refractivity contribution in [2.24, 2.45) is 10.9 Å². The van der Waals surface area contributed by atoms with Crippen LogP contribution in [0.3, 0.4) is 0 Å². The van der Waals surface area contributed by atoms with E-state index in [4.69, 9.17) is 4.84 Å². The Kier molecular flexibility index (Phi) is 6.22. The Bertz CT molecular complexity index is 653. The molecule has 1 amide bonds. The highest BCUT2D eigenvalue weighted by molar-refractivity contribution is 5.96. The fourth-order valence-electron chi connectivity index (χ4n) is 2.59. The molecule has 1 aliphatic heterocycles. The predicted octanol–water partition coefficient (Wildman–Crippen LogP) is 2.53. The minimum absolute atomic E-state index is 0.141. The number of carbonyl (C=O) groups is 2. The number of alkyl halides is 3. The molecule has 0 saturated heterocycles. The second-order valence-corrected chi connectivity index (χ2v) is 6.42. The first kappa shape index (κ1) is 20.2. The van der Waals surface area contributed by atoms with Crippen LogP contribution in [-0.4, -0.2) is 47.6 Å². The average molecular weight is 373 g/mol. The number of halogens is 3. The number of rotatable bonds is 6. The fraction of sp³-hybridized carbons (Fsp3) is 0.588. The Balaban J connectivity index is 2.10. The normalized spacial score (nSPS) is 23.7. The lowest BCUT2D eigenvalue weighted by Gasteiger charge is -2.27. The molecule has 9 heteroatoms. The minimum Gasteiger partial charge on any atom is -0.378 e. The van der Waals surface area contributed by atoms with Gasteiger partial charge in [0.05, 0.1) is 5.92 Å². The molecule has 0 aromatic heterocycles. The van der Waals surface area contributed by atoms with Gasteiger partial charge in [-0.25, -0.2) is 4.99 Å². The molecule has 2 unspecified atom stereocenters. The van der Waals surface area contributed by atoms with Gasteiger partial charge in [0.1, 0.15) is 0 Å². The zero-order valence-corrected chi connectivity index (χ0v) is 14.8. The smallest absolute Gasteiger partial charge is 0.378 e. The van der Waals surface area contributed by atoms with Crippen LogP contribution in [0, 0.1) is 5.92 Å². The van der Waals surface area contributed by atoms with Gasteiger partial charge in [-0.15, -0.1) is 5.06 Å². The number of aliphatic imine (C=N–C) groups is 1. The number of ketones is 1. The Morgan fingerprint density at radius 3 is 2.65 bits per heavy atom. The molecular formula is C17H22F3N3O3. The van der Waals surface area contributed by atoms with Gasteiger partial charge in [0.2, 0.25) is 5.91 Å². The number of hydrogen-bond acceptors (Lipinski definition) is 5. The molecule has 1 heterocycles. The Morgan fingerprint density at radius 2 is 2.12 bits per heavy atom. The van der Waals surface area contributed by atoms with Gasteiger partial charge in [0, 0.05) is 19.0 Å². The van der Waals surface area contributed by atoms with Crippen LogP contribution < -0.4 is 5.32 Å². The van der Waals surface area contributed by atoms with Gasteiger partial charge in [0.25, 0.3) is 0 Å². The third-order valence-corrected chi connectivity index (χ3v) is 3.91. The summed E-state index contributed by atoms with van der Waals surface area (Å²) in [6, 6.07) is -0.376. The van der Waals surface area contributed by atoms with Crippen LogP contribution in [0.25, 0.3) is 0 Å². The lowest BCUT2D eigenvalue weighted by atomic mass is 9.93. The van der Waals surface area contributed by atoms with Crippen LogP contribution >= 0.6 is 0 Å². The molecule has 2 atom stereocenters. The number of carbonyl (C=O) groups excluding carboxylic acids is 2. The highest BCUT2D eigenvalue weighted by Gasteiger charge is 2.47. The largest absolute Gasteiger partial charge is 0.470 e. The maximum atomic E-state index is 12.9. The van der Waals surface area contributed by atoms with E-state index in [1.54, 1.807) is 26.0 Å². The molecule has 2 rings (SSSR count). The number of amides is 1. The summed E-state index contributed by atoms with van der Waals surface area (Å²) in [4.78, 5) is 32.2. The van der Waals surface area contributed by atoms with E-state index in [0.29, 0.717) is 18.4 Å². The molecule has 26 heavy (non-hydrogen) atoms. The predicted molar refractivity (Wildman–Crippen MR) is 89.0 cm³/mol. The molecule has 0 fully saturated rings. The van der Waals surface area contributed by atoms with Crippen molar-refractivity contribution in [2.45, 2.75) is 52.0 Å². The third-order valence-electron chi connectivity index (χ3n) is 3.91. The summed E-state index contributed by atoms with van der Waals surface area (Å²) in [7, 11) is 0. The lowest BCUT2D eigenvalue weighted by Crippen LogP contribution is -2.39. The fourth-order valence-corrected chi connectivity index (χ4v) is 2.59. The van der Waals surface area contributed by atoms with Crippen molar-refractivity contribution < 1.29 is 27.6 Å². The van der Waals surface area contributed by atoms with Crippen molar-refractivity contribution in [3.05, 3.63) is 23.8 Å².